The summed E-state index contributed by atoms with van der Waals surface area (Å²) in [6, 6.07) is 16.3. The molecule has 0 atom stereocenters. The Morgan fingerprint density at radius 3 is 2.13 bits per heavy atom. The molecule has 1 aliphatic heterocycles. The van der Waals surface area contributed by atoms with Gasteiger partial charge in [-0.3, -0.25) is 9.59 Å². The van der Waals surface area contributed by atoms with Crippen molar-refractivity contribution in [1.29, 1.82) is 0 Å². The number of benzene rings is 3. The van der Waals surface area contributed by atoms with Crippen molar-refractivity contribution in [2.75, 3.05) is 27.4 Å². The monoisotopic (exact) mass is 655 g/mol. The molecule has 3 aliphatic rings. The lowest BCUT2D eigenvalue weighted by molar-refractivity contribution is -0.119. The maximum Gasteiger partial charge on any atom is 0.180 e. The number of carbonyl (C=O) groups is 2. The quantitative estimate of drug-likeness (QED) is 0.214. The van der Waals surface area contributed by atoms with Crippen molar-refractivity contribution < 1.29 is 23.8 Å². The molecule has 0 N–H and O–H groups in total. The minimum Gasteiger partial charge on any atom is -0.493 e. The standard InChI is InChI=1S/C40H46ClNO5/c1-24-13-14-25-11-8-9-12-27(25)28(24)23-47-38-29(41)17-26(18-34(38)46-7)35-36-30(19-39(2,3)21-32(36)43)42(15-10-16-45-6)31-20-40(4,5)22-33(44)37(31)35/h8-9,11-14,17-18,35H,10,15-16,19-23H2,1-7H3. The van der Waals surface area contributed by atoms with E-state index in [1.165, 1.54) is 0 Å². The second-order valence-corrected chi connectivity index (χ2v) is 15.3. The van der Waals surface area contributed by atoms with Gasteiger partial charge in [-0.1, -0.05) is 75.7 Å². The number of methoxy groups -OCH3 is 2. The molecule has 3 aromatic carbocycles. The zero-order chi connectivity index (χ0) is 33.7. The fraction of sp³-hybridized carbons (Fsp3) is 0.450. The number of allylic oxidation sites excluding steroid dienone is 4. The zero-order valence-corrected chi connectivity index (χ0v) is 29.5. The Morgan fingerprint density at radius 1 is 0.872 bits per heavy atom. The molecule has 1 heterocycles. The molecule has 0 saturated carbocycles. The SMILES string of the molecule is COCCCN1C2=C(C(=O)CC(C)(C)C2)C(c2cc(Cl)c(OCc3c(C)ccc4ccccc34)c(OC)c2)C2=C1CC(C)(C)CC2=O. The number of aryl methyl sites for hydroxylation is 1. The van der Waals surface area contributed by atoms with Crippen LogP contribution < -0.4 is 9.47 Å². The number of hydrogen-bond acceptors (Lipinski definition) is 6. The second-order valence-electron chi connectivity index (χ2n) is 14.9. The Morgan fingerprint density at radius 2 is 1.51 bits per heavy atom. The van der Waals surface area contributed by atoms with E-state index in [4.69, 9.17) is 25.8 Å². The first-order valence-corrected chi connectivity index (χ1v) is 17.0. The van der Waals surface area contributed by atoms with Crippen LogP contribution in [0, 0.1) is 17.8 Å². The molecule has 0 unspecified atom stereocenters. The number of hydrogen-bond donors (Lipinski definition) is 0. The summed E-state index contributed by atoms with van der Waals surface area (Å²) in [6.07, 6.45) is 3.14. The van der Waals surface area contributed by atoms with Crippen molar-refractivity contribution >= 4 is 33.9 Å². The molecular formula is C40H46ClNO5. The Labute approximate surface area is 283 Å². The zero-order valence-electron chi connectivity index (χ0n) is 28.7. The van der Waals surface area contributed by atoms with Gasteiger partial charge in [-0.05, 0) is 71.0 Å². The number of halogens is 1. The predicted molar refractivity (Wildman–Crippen MR) is 187 cm³/mol. The molecule has 0 aromatic heterocycles. The summed E-state index contributed by atoms with van der Waals surface area (Å²) >= 11 is 7.05. The first kappa shape index (κ1) is 33.3. The van der Waals surface area contributed by atoms with Gasteiger partial charge in [0.05, 0.1) is 12.1 Å². The highest BCUT2D eigenvalue weighted by molar-refractivity contribution is 6.32. The lowest BCUT2D eigenvalue weighted by atomic mass is 9.63. The van der Waals surface area contributed by atoms with Crippen LogP contribution in [-0.2, 0) is 20.9 Å². The third kappa shape index (κ3) is 6.35. The first-order valence-electron chi connectivity index (χ1n) is 16.6. The van der Waals surface area contributed by atoms with Gasteiger partial charge in [0.2, 0.25) is 0 Å². The van der Waals surface area contributed by atoms with E-state index in [0.29, 0.717) is 60.3 Å². The maximum atomic E-state index is 14.2. The van der Waals surface area contributed by atoms with E-state index in [0.717, 1.165) is 58.1 Å². The summed E-state index contributed by atoms with van der Waals surface area (Å²) in [5.41, 5.74) is 6.08. The van der Waals surface area contributed by atoms with E-state index in [2.05, 4.69) is 63.8 Å². The minimum absolute atomic E-state index is 0.0871. The van der Waals surface area contributed by atoms with Crippen molar-refractivity contribution in [2.24, 2.45) is 10.8 Å². The average Bonchev–Trinajstić information content (AvgIpc) is 3.00. The first-order chi connectivity index (χ1) is 22.3. The van der Waals surface area contributed by atoms with Crippen LogP contribution in [0.3, 0.4) is 0 Å². The highest BCUT2D eigenvalue weighted by Gasteiger charge is 2.49. The van der Waals surface area contributed by atoms with E-state index >= 15 is 0 Å². The molecule has 47 heavy (non-hydrogen) atoms. The molecule has 0 bridgehead atoms. The van der Waals surface area contributed by atoms with Gasteiger partial charge in [0.1, 0.15) is 6.61 Å². The van der Waals surface area contributed by atoms with Gasteiger partial charge in [-0.2, -0.15) is 0 Å². The van der Waals surface area contributed by atoms with E-state index < -0.39 is 5.92 Å². The van der Waals surface area contributed by atoms with Crippen molar-refractivity contribution in [1.82, 2.24) is 4.90 Å². The highest BCUT2D eigenvalue weighted by Crippen LogP contribution is 2.55. The molecule has 0 amide bonds. The van der Waals surface area contributed by atoms with Crippen LogP contribution >= 0.6 is 11.6 Å². The van der Waals surface area contributed by atoms with Gasteiger partial charge < -0.3 is 19.1 Å². The number of ether oxygens (including phenoxy) is 3. The van der Waals surface area contributed by atoms with Crippen LogP contribution in [0.4, 0.5) is 0 Å². The summed E-state index contributed by atoms with van der Waals surface area (Å²) in [6.45, 7) is 12.3. The lowest BCUT2D eigenvalue weighted by Crippen LogP contribution is -2.44. The van der Waals surface area contributed by atoms with Crippen LogP contribution in [0.1, 0.15) is 82.4 Å². The number of nitrogens with zero attached hydrogens (tertiary/aromatic N) is 1. The molecule has 0 fully saturated rings. The summed E-state index contributed by atoms with van der Waals surface area (Å²) in [5.74, 6) is 0.571. The van der Waals surface area contributed by atoms with E-state index in [1.54, 1.807) is 14.2 Å². The summed E-state index contributed by atoms with van der Waals surface area (Å²) in [7, 11) is 3.30. The van der Waals surface area contributed by atoms with E-state index in [1.807, 2.05) is 24.3 Å². The van der Waals surface area contributed by atoms with Crippen LogP contribution in [-0.4, -0.2) is 43.8 Å². The molecule has 6 nitrogen and oxygen atoms in total. The number of fused-ring (bicyclic) bond motifs is 1. The molecule has 248 valence electrons. The van der Waals surface area contributed by atoms with Gasteiger partial charge in [-0.25, -0.2) is 0 Å². The van der Waals surface area contributed by atoms with Crippen LogP contribution in [0.15, 0.2) is 71.1 Å². The summed E-state index contributed by atoms with van der Waals surface area (Å²) < 4.78 is 17.7. The fourth-order valence-corrected chi connectivity index (χ4v) is 8.12. The highest BCUT2D eigenvalue weighted by atomic mass is 35.5. The number of ketones is 2. The normalized spacial score (nSPS) is 19.3. The molecule has 0 radical (unpaired) electrons. The molecule has 3 aromatic rings. The summed E-state index contributed by atoms with van der Waals surface area (Å²) in [5, 5.41) is 2.66. The van der Waals surface area contributed by atoms with Crippen molar-refractivity contribution in [3.8, 4) is 11.5 Å². The third-order valence-corrected chi connectivity index (χ3v) is 10.3. The van der Waals surface area contributed by atoms with Gasteiger partial charge in [0, 0.05) is 67.1 Å². The number of carbonyl (C=O) groups excluding carboxylic acids is 2. The van der Waals surface area contributed by atoms with Gasteiger partial charge in [0.15, 0.2) is 23.1 Å². The van der Waals surface area contributed by atoms with Crippen molar-refractivity contribution in [3.05, 3.63) is 92.8 Å². The third-order valence-electron chi connectivity index (χ3n) is 9.97. The Bertz CT molecular complexity index is 1760. The van der Waals surface area contributed by atoms with E-state index in [9.17, 15) is 9.59 Å². The minimum atomic E-state index is -0.522. The van der Waals surface area contributed by atoms with Gasteiger partial charge >= 0.3 is 0 Å². The van der Waals surface area contributed by atoms with Crippen molar-refractivity contribution in [3.63, 3.8) is 0 Å². The maximum absolute atomic E-state index is 14.2. The number of rotatable bonds is 9. The molecule has 7 heteroatoms. The Hall–Kier alpha value is -3.61. The Balaban J connectivity index is 1.46. The topological polar surface area (TPSA) is 65.1 Å². The van der Waals surface area contributed by atoms with Gasteiger partial charge in [0.25, 0.3) is 0 Å². The smallest absolute Gasteiger partial charge is 0.180 e. The fourth-order valence-electron chi connectivity index (χ4n) is 7.85. The van der Waals surface area contributed by atoms with Crippen LogP contribution in [0.25, 0.3) is 10.8 Å². The van der Waals surface area contributed by atoms with Crippen molar-refractivity contribution in [2.45, 2.75) is 79.2 Å². The Kier molecular flexibility index (Phi) is 9.05. The van der Waals surface area contributed by atoms with Crippen LogP contribution in [0.5, 0.6) is 11.5 Å². The van der Waals surface area contributed by atoms with Crippen LogP contribution in [0.2, 0.25) is 5.02 Å². The largest absolute Gasteiger partial charge is 0.493 e. The molecule has 0 spiro atoms. The average molecular weight is 656 g/mol. The molecule has 6 rings (SSSR count). The van der Waals surface area contributed by atoms with E-state index in [-0.39, 0.29) is 22.4 Å². The predicted octanol–water partition coefficient (Wildman–Crippen LogP) is 9.11. The molecule has 2 aliphatic carbocycles. The summed E-state index contributed by atoms with van der Waals surface area (Å²) in [4.78, 5) is 30.7. The number of Topliss-reactive ketones (excluding diaryl/α,β-unsaturated/α-hetero) is 2. The second kappa shape index (κ2) is 12.8. The molecular weight excluding hydrogens is 610 g/mol. The molecule has 0 saturated heterocycles. The van der Waals surface area contributed by atoms with Gasteiger partial charge in [-0.15, -0.1) is 0 Å². The lowest BCUT2D eigenvalue weighted by Gasteiger charge is -2.49.